The number of aryl methyl sites for hydroxylation is 3. The summed E-state index contributed by atoms with van der Waals surface area (Å²) in [4.78, 5) is 21.1. The monoisotopic (exact) mass is 280 g/mol. The Hall–Kier alpha value is -1.76. The third-order valence-electron chi connectivity index (χ3n) is 2.69. The number of carbonyl (C=O) groups excluding carboxylic acids is 1. The van der Waals surface area contributed by atoms with E-state index in [1.807, 2.05) is 13.8 Å². The third kappa shape index (κ3) is 3.85. The second-order valence-corrected chi connectivity index (χ2v) is 5.03. The van der Waals surface area contributed by atoms with E-state index in [9.17, 15) is 4.79 Å². The third-order valence-corrected chi connectivity index (χ3v) is 3.68. The van der Waals surface area contributed by atoms with Gasteiger partial charge < -0.3 is 9.84 Å². The summed E-state index contributed by atoms with van der Waals surface area (Å²) in [5, 5.41) is 6.53. The normalized spacial score (nSPS) is 10.6. The van der Waals surface area contributed by atoms with E-state index in [1.54, 1.807) is 16.8 Å². The Bertz CT molecular complexity index is 549. The molecule has 0 unspecified atom stereocenters. The van der Waals surface area contributed by atoms with Gasteiger partial charge in [-0.25, -0.2) is 4.98 Å². The van der Waals surface area contributed by atoms with E-state index in [4.69, 9.17) is 4.52 Å². The highest BCUT2D eigenvalue weighted by Crippen LogP contribution is 2.14. The maximum absolute atomic E-state index is 11.7. The van der Waals surface area contributed by atoms with Crippen LogP contribution in [0.2, 0.25) is 0 Å². The van der Waals surface area contributed by atoms with E-state index < -0.39 is 0 Å². The number of aromatic nitrogens is 3. The standard InChI is InChI=1S/C12H16N4O2S/c1-3-10-15-12(18-16-10)6-13-11(17)5-4-9-8(2)14-7-19-9/h7H,3-6H2,1-2H3,(H,13,17). The van der Waals surface area contributed by atoms with Gasteiger partial charge in [0.25, 0.3) is 0 Å². The van der Waals surface area contributed by atoms with Gasteiger partial charge in [-0.2, -0.15) is 4.98 Å². The van der Waals surface area contributed by atoms with E-state index in [1.165, 1.54) is 0 Å². The van der Waals surface area contributed by atoms with Gasteiger partial charge in [0.1, 0.15) is 0 Å². The van der Waals surface area contributed by atoms with Crippen molar-refractivity contribution in [3.8, 4) is 0 Å². The first-order valence-electron chi connectivity index (χ1n) is 6.16. The number of thiazole rings is 1. The number of rotatable bonds is 6. The minimum absolute atomic E-state index is 0.0240. The topological polar surface area (TPSA) is 80.9 Å². The lowest BCUT2D eigenvalue weighted by Gasteiger charge is -2.01. The van der Waals surface area contributed by atoms with Gasteiger partial charge in [0.2, 0.25) is 11.8 Å². The molecule has 2 heterocycles. The molecule has 0 spiro atoms. The summed E-state index contributed by atoms with van der Waals surface area (Å²) < 4.78 is 4.99. The fourth-order valence-corrected chi connectivity index (χ4v) is 2.34. The van der Waals surface area contributed by atoms with Gasteiger partial charge in [0.15, 0.2) is 5.82 Å². The second kappa shape index (κ2) is 6.42. The van der Waals surface area contributed by atoms with Gasteiger partial charge >= 0.3 is 0 Å². The Morgan fingerprint density at radius 2 is 2.37 bits per heavy atom. The molecular formula is C12H16N4O2S. The lowest BCUT2D eigenvalue weighted by molar-refractivity contribution is -0.121. The zero-order chi connectivity index (χ0) is 13.7. The van der Waals surface area contributed by atoms with Crippen molar-refractivity contribution in [3.63, 3.8) is 0 Å². The molecule has 0 radical (unpaired) electrons. The maximum atomic E-state index is 11.7. The van der Waals surface area contributed by atoms with Crippen molar-refractivity contribution in [2.75, 3.05) is 0 Å². The molecule has 1 amide bonds. The molecule has 0 aliphatic rings. The number of amides is 1. The first-order valence-corrected chi connectivity index (χ1v) is 7.04. The second-order valence-electron chi connectivity index (χ2n) is 4.10. The van der Waals surface area contributed by atoms with Crippen molar-refractivity contribution in [2.45, 2.75) is 39.7 Å². The van der Waals surface area contributed by atoms with Crippen LogP contribution < -0.4 is 5.32 Å². The van der Waals surface area contributed by atoms with Crippen LogP contribution in [-0.2, 0) is 24.2 Å². The minimum Gasteiger partial charge on any atom is -0.347 e. The van der Waals surface area contributed by atoms with Crippen LogP contribution in [0, 0.1) is 6.92 Å². The van der Waals surface area contributed by atoms with Gasteiger partial charge in [-0.3, -0.25) is 4.79 Å². The molecule has 102 valence electrons. The summed E-state index contributed by atoms with van der Waals surface area (Å²) in [5.74, 6) is 1.08. The Morgan fingerprint density at radius 1 is 1.53 bits per heavy atom. The van der Waals surface area contributed by atoms with Crippen LogP contribution in [0.1, 0.15) is 35.6 Å². The average Bonchev–Trinajstić information content (AvgIpc) is 3.02. The summed E-state index contributed by atoms with van der Waals surface area (Å²) in [6.07, 6.45) is 1.88. The van der Waals surface area contributed by atoms with Crippen LogP contribution >= 0.6 is 11.3 Å². The highest BCUT2D eigenvalue weighted by atomic mass is 32.1. The first kappa shape index (κ1) is 13.7. The van der Waals surface area contributed by atoms with Crippen molar-refractivity contribution in [1.29, 1.82) is 0 Å². The Labute approximate surface area is 115 Å². The molecule has 6 nitrogen and oxygen atoms in total. The molecule has 0 fully saturated rings. The van der Waals surface area contributed by atoms with E-state index in [0.29, 0.717) is 24.6 Å². The molecule has 0 aliphatic carbocycles. The summed E-state index contributed by atoms with van der Waals surface area (Å²) >= 11 is 1.58. The number of hydrogen-bond donors (Lipinski definition) is 1. The molecule has 0 saturated carbocycles. The molecule has 7 heteroatoms. The van der Waals surface area contributed by atoms with Crippen LogP contribution in [0.3, 0.4) is 0 Å². The van der Waals surface area contributed by atoms with Crippen LogP contribution in [0.15, 0.2) is 10.0 Å². The minimum atomic E-state index is -0.0240. The zero-order valence-corrected chi connectivity index (χ0v) is 11.8. The van der Waals surface area contributed by atoms with E-state index in [0.717, 1.165) is 17.0 Å². The molecular weight excluding hydrogens is 264 g/mol. The fraction of sp³-hybridized carbons (Fsp3) is 0.500. The lowest BCUT2D eigenvalue weighted by Crippen LogP contribution is -2.23. The van der Waals surface area contributed by atoms with Crippen LogP contribution in [0.25, 0.3) is 0 Å². The largest absolute Gasteiger partial charge is 0.347 e. The molecule has 19 heavy (non-hydrogen) atoms. The predicted octanol–water partition coefficient (Wildman–Crippen LogP) is 1.65. The van der Waals surface area contributed by atoms with Crippen molar-refractivity contribution in [1.82, 2.24) is 20.4 Å². The molecule has 0 aromatic carbocycles. The highest BCUT2D eigenvalue weighted by molar-refractivity contribution is 7.09. The van der Waals surface area contributed by atoms with Crippen LogP contribution in [-0.4, -0.2) is 21.0 Å². The molecule has 0 aliphatic heterocycles. The van der Waals surface area contributed by atoms with Crippen molar-refractivity contribution < 1.29 is 9.32 Å². The Morgan fingerprint density at radius 3 is 3.00 bits per heavy atom. The number of nitrogens with zero attached hydrogens (tertiary/aromatic N) is 3. The number of hydrogen-bond acceptors (Lipinski definition) is 6. The molecule has 2 rings (SSSR count). The highest BCUT2D eigenvalue weighted by Gasteiger charge is 2.08. The quantitative estimate of drug-likeness (QED) is 0.870. The fourth-order valence-electron chi connectivity index (χ4n) is 1.56. The predicted molar refractivity (Wildman–Crippen MR) is 70.7 cm³/mol. The molecule has 0 bridgehead atoms. The van der Waals surface area contributed by atoms with E-state index in [2.05, 4.69) is 20.4 Å². The molecule has 1 N–H and O–H groups in total. The number of nitrogens with one attached hydrogen (secondary N) is 1. The smallest absolute Gasteiger partial charge is 0.246 e. The maximum Gasteiger partial charge on any atom is 0.246 e. The Kier molecular flexibility index (Phi) is 4.62. The molecule has 0 atom stereocenters. The summed E-state index contributed by atoms with van der Waals surface area (Å²) in [6, 6.07) is 0. The lowest BCUT2D eigenvalue weighted by atomic mass is 10.2. The SMILES string of the molecule is CCc1noc(CNC(=O)CCc2scnc2C)n1. The van der Waals surface area contributed by atoms with Gasteiger partial charge in [-0.15, -0.1) is 11.3 Å². The van der Waals surface area contributed by atoms with Gasteiger partial charge in [-0.1, -0.05) is 12.1 Å². The summed E-state index contributed by atoms with van der Waals surface area (Å²) in [7, 11) is 0. The zero-order valence-electron chi connectivity index (χ0n) is 11.0. The number of carbonyl (C=O) groups is 1. The van der Waals surface area contributed by atoms with Crippen LogP contribution in [0.4, 0.5) is 0 Å². The Balaban J connectivity index is 1.74. The average molecular weight is 280 g/mol. The summed E-state index contributed by atoms with van der Waals surface area (Å²) in [5.41, 5.74) is 2.80. The molecule has 2 aromatic rings. The van der Waals surface area contributed by atoms with Crippen molar-refractivity contribution >= 4 is 17.2 Å². The van der Waals surface area contributed by atoms with Gasteiger partial charge in [0.05, 0.1) is 17.7 Å². The van der Waals surface area contributed by atoms with E-state index in [-0.39, 0.29) is 12.5 Å². The van der Waals surface area contributed by atoms with E-state index >= 15 is 0 Å². The molecule has 2 aromatic heterocycles. The first-order chi connectivity index (χ1) is 9.19. The van der Waals surface area contributed by atoms with Gasteiger partial charge in [0, 0.05) is 17.7 Å². The van der Waals surface area contributed by atoms with Crippen molar-refractivity contribution in [2.24, 2.45) is 0 Å². The summed E-state index contributed by atoms with van der Waals surface area (Å²) in [6.45, 7) is 4.19. The van der Waals surface area contributed by atoms with Crippen molar-refractivity contribution in [3.05, 3.63) is 27.8 Å². The van der Waals surface area contributed by atoms with Gasteiger partial charge in [-0.05, 0) is 13.3 Å². The van der Waals surface area contributed by atoms with Crippen LogP contribution in [0.5, 0.6) is 0 Å². The molecule has 0 saturated heterocycles.